The smallest absolute Gasteiger partial charge is 0.251 e. The van der Waals surface area contributed by atoms with Crippen molar-refractivity contribution in [3.63, 3.8) is 0 Å². The highest BCUT2D eigenvalue weighted by Crippen LogP contribution is 2.11. The van der Waals surface area contributed by atoms with E-state index < -0.39 is 0 Å². The number of nitrogens with zero attached hydrogens (tertiary/aromatic N) is 1. The van der Waals surface area contributed by atoms with Crippen LogP contribution < -0.4 is 10.6 Å². The number of benzene rings is 2. The lowest BCUT2D eigenvalue weighted by molar-refractivity contribution is -0.128. The Kier molecular flexibility index (Phi) is 6.71. The molecule has 0 aromatic heterocycles. The Bertz CT molecular complexity index is 822. The van der Waals surface area contributed by atoms with Gasteiger partial charge in [-0.15, -0.1) is 0 Å². The molecule has 0 atom stereocenters. The zero-order valence-electron chi connectivity index (χ0n) is 16.1. The monoisotopic (exact) mass is 367 g/mol. The van der Waals surface area contributed by atoms with Gasteiger partial charge >= 0.3 is 0 Å². The van der Waals surface area contributed by atoms with Gasteiger partial charge in [-0.25, -0.2) is 0 Å². The number of nitrogens with one attached hydrogen (secondary N) is 2. The van der Waals surface area contributed by atoms with Gasteiger partial charge in [0.05, 0.1) is 13.0 Å². The highest BCUT2D eigenvalue weighted by atomic mass is 16.2. The molecule has 0 fully saturated rings. The number of aryl methyl sites for hydroxylation is 2. The van der Waals surface area contributed by atoms with Gasteiger partial charge < -0.3 is 15.5 Å². The molecule has 0 radical (unpaired) electrons. The summed E-state index contributed by atoms with van der Waals surface area (Å²) in [6.07, 6.45) is 0.313. The minimum atomic E-state index is -0.315. The fraction of sp³-hybridized carbons (Fsp3) is 0.286. The van der Waals surface area contributed by atoms with Crippen LogP contribution >= 0.6 is 0 Å². The van der Waals surface area contributed by atoms with Crippen molar-refractivity contribution in [1.82, 2.24) is 10.2 Å². The molecule has 0 heterocycles. The quantitative estimate of drug-likeness (QED) is 0.822. The Labute approximate surface area is 159 Å². The van der Waals surface area contributed by atoms with E-state index in [1.54, 1.807) is 50.5 Å². The van der Waals surface area contributed by atoms with E-state index in [1.807, 2.05) is 19.9 Å². The first kappa shape index (κ1) is 20.2. The van der Waals surface area contributed by atoms with Crippen molar-refractivity contribution >= 4 is 23.4 Å². The molecule has 142 valence electrons. The summed E-state index contributed by atoms with van der Waals surface area (Å²) in [5, 5.41) is 5.35. The molecule has 27 heavy (non-hydrogen) atoms. The molecule has 6 nitrogen and oxygen atoms in total. The molecule has 0 aliphatic rings. The van der Waals surface area contributed by atoms with Gasteiger partial charge in [0.1, 0.15) is 0 Å². The molecule has 2 aromatic carbocycles. The predicted molar refractivity (Wildman–Crippen MR) is 106 cm³/mol. The van der Waals surface area contributed by atoms with E-state index in [9.17, 15) is 14.4 Å². The summed E-state index contributed by atoms with van der Waals surface area (Å²) in [5.74, 6) is -0.583. The molecule has 0 aliphatic heterocycles. The third-order valence-corrected chi connectivity index (χ3v) is 3.99. The highest BCUT2D eigenvalue weighted by molar-refractivity contribution is 5.99. The lowest BCUT2D eigenvalue weighted by atomic mass is 10.1. The SMILES string of the molecule is Cc1cc(C)cc(C(=O)NCC(=O)Nc2ccc(CC(=O)N(C)C)cc2)c1. The van der Waals surface area contributed by atoms with Crippen LogP contribution in [0.15, 0.2) is 42.5 Å². The van der Waals surface area contributed by atoms with E-state index >= 15 is 0 Å². The van der Waals surface area contributed by atoms with Gasteiger partial charge in [-0.1, -0.05) is 29.3 Å². The molecule has 3 amide bonds. The molecule has 6 heteroatoms. The zero-order valence-corrected chi connectivity index (χ0v) is 16.1. The van der Waals surface area contributed by atoms with Crippen molar-refractivity contribution in [2.24, 2.45) is 0 Å². The summed E-state index contributed by atoms with van der Waals surface area (Å²) in [4.78, 5) is 37.5. The van der Waals surface area contributed by atoms with E-state index in [-0.39, 0.29) is 24.3 Å². The van der Waals surface area contributed by atoms with Gasteiger partial charge in [-0.2, -0.15) is 0 Å². The number of amides is 3. The van der Waals surface area contributed by atoms with Crippen molar-refractivity contribution in [2.45, 2.75) is 20.3 Å². The Balaban J connectivity index is 1.86. The third-order valence-electron chi connectivity index (χ3n) is 3.99. The lowest BCUT2D eigenvalue weighted by Crippen LogP contribution is -2.32. The van der Waals surface area contributed by atoms with Crippen molar-refractivity contribution in [2.75, 3.05) is 26.0 Å². The summed E-state index contributed by atoms with van der Waals surface area (Å²) in [6.45, 7) is 3.73. The van der Waals surface area contributed by atoms with Gasteiger partial charge in [0.25, 0.3) is 5.91 Å². The maximum absolute atomic E-state index is 12.2. The third kappa shape index (κ3) is 6.26. The molecular formula is C21H25N3O3. The fourth-order valence-electron chi connectivity index (χ4n) is 2.61. The van der Waals surface area contributed by atoms with Gasteiger partial charge in [0.2, 0.25) is 11.8 Å². The van der Waals surface area contributed by atoms with Crippen LogP contribution in [0.4, 0.5) is 5.69 Å². The number of hydrogen-bond donors (Lipinski definition) is 2. The van der Waals surface area contributed by atoms with Crippen LogP contribution in [0.5, 0.6) is 0 Å². The average Bonchev–Trinajstić information content (AvgIpc) is 2.60. The van der Waals surface area contributed by atoms with Gasteiger partial charge in [-0.05, 0) is 43.7 Å². The number of rotatable bonds is 6. The molecule has 2 rings (SSSR count). The first-order chi connectivity index (χ1) is 12.7. The summed E-state index contributed by atoms with van der Waals surface area (Å²) >= 11 is 0. The van der Waals surface area contributed by atoms with Crippen LogP contribution in [0.1, 0.15) is 27.0 Å². The van der Waals surface area contributed by atoms with Crippen LogP contribution in [0, 0.1) is 13.8 Å². The van der Waals surface area contributed by atoms with Crippen LogP contribution in [-0.4, -0.2) is 43.3 Å². The van der Waals surface area contributed by atoms with Gasteiger partial charge in [0.15, 0.2) is 0 Å². The lowest BCUT2D eigenvalue weighted by Gasteiger charge is -2.11. The molecular weight excluding hydrogens is 342 g/mol. The molecule has 0 saturated heterocycles. The highest BCUT2D eigenvalue weighted by Gasteiger charge is 2.10. The van der Waals surface area contributed by atoms with Gasteiger partial charge in [-0.3, -0.25) is 14.4 Å². The summed E-state index contributed by atoms with van der Waals surface area (Å²) in [6, 6.07) is 12.6. The number of carbonyl (C=O) groups excluding carboxylic acids is 3. The van der Waals surface area contributed by atoms with Crippen LogP contribution in [0.3, 0.4) is 0 Å². The maximum Gasteiger partial charge on any atom is 0.251 e. The minimum absolute atomic E-state index is 0.0147. The molecule has 0 aliphatic carbocycles. The van der Waals surface area contributed by atoms with Gasteiger partial charge in [0, 0.05) is 25.3 Å². The fourth-order valence-corrected chi connectivity index (χ4v) is 2.61. The van der Waals surface area contributed by atoms with E-state index in [1.165, 1.54) is 4.90 Å². The van der Waals surface area contributed by atoms with E-state index in [0.717, 1.165) is 16.7 Å². The second-order valence-electron chi connectivity index (χ2n) is 6.77. The van der Waals surface area contributed by atoms with Crippen molar-refractivity contribution in [1.29, 1.82) is 0 Å². The van der Waals surface area contributed by atoms with E-state index in [0.29, 0.717) is 17.7 Å². The van der Waals surface area contributed by atoms with Crippen LogP contribution in [-0.2, 0) is 16.0 Å². The Morgan fingerprint density at radius 1 is 0.926 bits per heavy atom. The predicted octanol–water partition coefficient (Wildman–Crippen LogP) is 2.30. The molecule has 0 bridgehead atoms. The molecule has 0 spiro atoms. The second-order valence-corrected chi connectivity index (χ2v) is 6.77. The topological polar surface area (TPSA) is 78.5 Å². The standard InChI is InChI=1S/C21H25N3O3/c1-14-9-15(2)11-17(10-14)21(27)22-13-19(25)23-18-7-5-16(6-8-18)12-20(26)24(3)4/h5-11H,12-13H2,1-4H3,(H,22,27)(H,23,25). The van der Waals surface area contributed by atoms with Crippen LogP contribution in [0.25, 0.3) is 0 Å². The van der Waals surface area contributed by atoms with E-state index in [2.05, 4.69) is 10.6 Å². The second kappa shape index (κ2) is 8.98. The number of carbonyl (C=O) groups is 3. The first-order valence-corrected chi connectivity index (χ1v) is 8.70. The number of hydrogen-bond acceptors (Lipinski definition) is 3. The van der Waals surface area contributed by atoms with Crippen LogP contribution in [0.2, 0.25) is 0 Å². The molecule has 2 aromatic rings. The zero-order chi connectivity index (χ0) is 20.0. The van der Waals surface area contributed by atoms with Crippen molar-refractivity contribution in [3.8, 4) is 0 Å². The summed E-state index contributed by atoms with van der Waals surface area (Å²) in [5.41, 5.74) is 4.02. The number of likely N-dealkylation sites (N-methyl/N-ethyl adjacent to an activating group) is 1. The Morgan fingerprint density at radius 2 is 1.52 bits per heavy atom. The summed E-state index contributed by atoms with van der Waals surface area (Å²) in [7, 11) is 3.42. The largest absolute Gasteiger partial charge is 0.349 e. The van der Waals surface area contributed by atoms with Crippen molar-refractivity contribution < 1.29 is 14.4 Å². The molecule has 0 saturated carbocycles. The average molecular weight is 367 g/mol. The number of anilines is 1. The normalized spacial score (nSPS) is 10.2. The maximum atomic E-state index is 12.2. The minimum Gasteiger partial charge on any atom is -0.349 e. The van der Waals surface area contributed by atoms with Crippen molar-refractivity contribution in [3.05, 3.63) is 64.7 Å². The Hall–Kier alpha value is -3.15. The summed E-state index contributed by atoms with van der Waals surface area (Å²) < 4.78 is 0. The Morgan fingerprint density at radius 3 is 2.07 bits per heavy atom. The van der Waals surface area contributed by atoms with E-state index in [4.69, 9.17) is 0 Å². The molecule has 0 unspecified atom stereocenters. The molecule has 2 N–H and O–H groups in total. The first-order valence-electron chi connectivity index (χ1n) is 8.70.